The number of fused-ring (bicyclic) bond motifs is 1. The summed E-state index contributed by atoms with van der Waals surface area (Å²) >= 11 is 1.74. The molecule has 0 atom stereocenters. The number of piperazine rings is 1. The monoisotopic (exact) mass is 567 g/mol. The van der Waals surface area contributed by atoms with Gasteiger partial charge in [0.05, 0.1) is 15.1 Å². The largest absolute Gasteiger partial charge is 0.351 e. The first kappa shape index (κ1) is 27.0. The zero-order valence-electron chi connectivity index (χ0n) is 21.8. The maximum absolute atomic E-state index is 13.1. The quantitative estimate of drug-likeness (QED) is 0.328. The van der Waals surface area contributed by atoms with Crippen LogP contribution in [0.1, 0.15) is 21.5 Å². The van der Waals surface area contributed by atoms with Crippen molar-refractivity contribution in [3.05, 3.63) is 83.2 Å². The molecule has 5 rings (SSSR count). The molecule has 1 fully saturated rings. The molecule has 2 N–H and O–H groups in total. The van der Waals surface area contributed by atoms with Crippen molar-refractivity contribution in [1.82, 2.24) is 15.2 Å². The number of aromatic nitrogens is 1. The molecule has 1 aliphatic heterocycles. The van der Waals surface area contributed by atoms with Crippen LogP contribution < -0.4 is 14.9 Å². The summed E-state index contributed by atoms with van der Waals surface area (Å²) in [4.78, 5) is 22.2. The molecule has 1 amide bonds. The maximum atomic E-state index is 13.1. The van der Waals surface area contributed by atoms with Crippen LogP contribution in [0.4, 0.5) is 15.2 Å². The lowest BCUT2D eigenvalue weighted by molar-refractivity contribution is 0.0948. The number of carbonyl (C=O) groups excluding carboxylic acids is 1. The van der Waals surface area contributed by atoms with Gasteiger partial charge < -0.3 is 10.2 Å². The molecule has 1 saturated heterocycles. The van der Waals surface area contributed by atoms with Crippen LogP contribution in [0, 0.1) is 19.7 Å². The van der Waals surface area contributed by atoms with Gasteiger partial charge in [0.1, 0.15) is 5.82 Å². The number of hydrogen-bond acceptors (Lipinski definition) is 7. The van der Waals surface area contributed by atoms with Crippen molar-refractivity contribution < 1.29 is 17.6 Å². The number of halogens is 1. The average Bonchev–Trinajstić information content (AvgIpc) is 3.34. The molecule has 11 heteroatoms. The molecular formula is C28H30FN5O3S2. The lowest BCUT2D eigenvalue weighted by Crippen LogP contribution is -2.48. The molecule has 0 radical (unpaired) electrons. The van der Waals surface area contributed by atoms with Gasteiger partial charge in [0.25, 0.3) is 15.9 Å². The van der Waals surface area contributed by atoms with Crippen LogP contribution >= 0.6 is 11.3 Å². The van der Waals surface area contributed by atoms with E-state index in [4.69, 9.17) is 4.98 Å². The molecule has 0 unspecified atom stereocenters. The first-order valence-electron chi connectivity index (χ1n) is 12.7. The number of hydrogen-bond donors (Lipinski definition) is 2. The molecule has 39 heavy (non-hydrogen) atoms. The number of anilines is 2. The Labute approximate surface area is 231 Å². The van der Waals surface area contributed by atoms with E-state index in [1.54, 1.807) is 29.5 Å². The molecule has 0 saturated carbocycles. The predicted molar refractivity (Wildman–Crippen MR) is 154 cm³/mol. The van der Waals surface area contributed by atoms with E-state index in [1.807, 2.05) is 0 Å². The highest BCUT2D eigenvalue weighted by Gasteiger charge is 2.21. The van der Waals surface area contributed by atoms with Gasteiger partial charge in [-0.3, -0.25) is 14.4 Å². The first-order valence-corrected chi connectivity index (χ1v) is 15.0. The van der Waals surface area contributed by atoms with Gasteiger partial charge >= 0.3 is 0 Å². The highest BCUT2D eigenvalue weighted by molar-refractivity contribution is 7.92. The second kappa shape index (κ2) is 11.3. The van der Waals surface area contributed by atoms with E-state index in [1.165, 1.54) is 34.0 Å². The van der Waals surface area contributed by atoms with E-state index >= 15 is 0 Å². The molecule has 4 aromatic rings. The third kappa shape index (κ3) is 6.38. The lowest BCUT2D eigenvalue weighted by atomic mass is 10.1. The van der Waals surface area contributed by atoms with Crippen molar-refractivity contribution in [2.45, 2.75) is 18.7 Å². The van der Waals surface area contributed by atoms with Crippen molar-refractivity contribution >= 4 is 48.3 Å². The summed E-state index contributed by atoms with van der Waals surface area (Å²) in [6.45, 7) is 8.93. The number of nitrogens with zero attached hydrogens (tertiary/aromatic N) is 3. The summed E-state index contributed by atoms with van der Waals surface area (Å²) in [7, 11) is -3.90. The first-order chi connectivity index (χ1) is 18.7. The Hall–Kier alpha value is -3.54. The van der Waals surface area contributed by atoms with E-state index in [0.717, 1.165) is 49.0 Å². The van der Waals surface area contributed by atoms with Gasteiger partial charge in [-0.1, -0.05) is 23.5 Å². The number of rotatable bonds is 8. The third-order valence-corrected chi connectivity index (χ3v) is 9.33. The Morgan fingerprint density at radius 1 is 1.03 bits per heavy atom. The van der Waals surface area contributed by atoms with Gasteiger partial charge in [0.2, 0.25) is 0 Å². The van der Waals surface area contributed by atoms with Crippen LogP contribution in [-0.4, -0.2) is 63.5 Å². The maximum Gasteiger partial charge on any atom is 0.261 e. The molecule has 0 spiro atoms. The number of nitrogens with one attached hydrogen (secondary N) is 2. The zero-order valence-corrected chi connectivity index (χ0v) is 23.4. The van der Waals surface area contributed by atoms with Gasteiger partial charge in [0.15, 0.2) is 5.13 Å². The van der Waals surface area contributed by atoms with E-state index in [2.05, 4.69) is 45.8 Å². The molecule has 3 aromatic carbocycles. The van der Waals surface area contributed by atoms with E-state index in [-0.39, 0.29) is 16.5 Å². The van der Waals surface area contributed by atoms with E-state index in [9.17, 15) is 17.6 Å². The summed E-state index contributed by atoms with van der Waals surface area (Å²) in [5.74, 6) is -0.801. The predicted octanol–water partition coefficient (Wildman–Crippen LogP) is 4.41. The van der Waals surface area contributed by atoms with Crippen LogP contribution in [-0.2, 0) is 10.0 Å². The minimum Gasteiger partial charge on any atom is -0.351 e. The highest BCUT2D eigenvalue weighted by atomic mass is 32.2. The SMILES string of the molecule is Cc1cc(C)c2sc(N3CCN(CCNC(=O)c4cccc(NS(=O)(=O)c5ccc(F)cc5)c4)CC3)nc2c1. The van der Waals surface area contributed by atoms with Gasteiger partial charge in [-0.2, -0.15) is 0 Å². The Balaban J connectivity index is 1.11. The Kier molecular flexibility index (Phi) is 7.83. The van der Waals surface area contributed by atoms with Crippen molar-refractivity contribution in [1.29, 1.82) is 0 Å². The summed E-state index contributed by atoms with van der Waals surface area (Å²) < 4.78 is 42.0. The normalized spacial score (nSPS) is 14.5. The number of amides is 1. The minimum absolute atomic E-state index is 0.0628. The van der Waals surface area contributed by atoms with Crippen LogP contribution in [0.5, 0.6) is 0 Å². The third-order valence-electron chi connectivity index (χ3n) is 6.67. The molecule has 1 aromatic heterocycles. The standard InChI is InChI=1S/C28H30FN5O3S2/c1-19-16-20(2)26-25(17-19)31-28(38-26)34-14-12-33(13-15-34)11-10-30-27(35)21-4-3-5-23(18-21)32-39(36,37)24-8-6-22(29)7-9-24/h3-9,16-18,32H,10-15H2,1-2H3,(H,30,35). The number of sulfonamides is 1. The van der Waals surface area contributed by atoms with Crippen LogP contribution in [0.3, 0.4) is 0 Å². The topological polar surface area (TPSA) is 94.6 Å². The fraction of sp³-hybridized carbons (Fsp3) is 0.286. The minimum atomic E-state index is -3.90. The molecule has 8 nitrogen and oxygen atoms in total. The second-order valence-electron chi connectivity index (χ2n) is 9.65. The van der Waals surface area contributed by atoms with Crippen molar-refractivity contribution in [2.24, 2.45) is 0 Å². The average molecular weight is 568 g/mol. The number of carbonyl (C=O) groups is 1. The molecule has 204 valence electrons. The molecule has 1 aliphatic rings. The van der Waals surface area contributed by atoms with Crippen molar-refractivity contribution in [2.75, 3.05) is 48.9 Å². The Bertz CT molecular complexity index is 1600. The summed E-state index contributed by atoms with van der Waals surface area (Å²) in [6.07, 6.45) is 0. The fourth-order valence-corrected chi connectivity index (χ4v) is 6.76. The lowest BCUT2D eigenvalue weighted by Gasteiger charge is -2.34. The molecule has 0 bridgehead atoms. The summed E-state index contributed by atoms with van der Waals surface area (Å²) in [5.41, 5.74) is 4.15. The van der Waals surface area contributed by atoms with Crippen LogP contribution in [0.25, 0.3) is 10.2 Å². The number of benzene rings is 3. The van der Waals surface area contributed by atoms with E-state index in [0.29, 0.717) is 18.7 Å². The zero-order chi connectivity index (χ0) is 27.6. The Morgan fingerprint density at radius 2 is 1.77 bits per heavy atom. The Morgan fingerprint density at radius 3 is 2.51 bits per heavy atom. The smallest absolute Gasteiger partial charge is 0.261 e. The fourth-order valence-electron chi connectivity index (χ4n) is 4.64. The second-order valence-corrected chi connectivity index (χ2v) is 12.3. The van der Waals surface area contributed by atoms with Gasteiger partial charge in [0, 0.05) is 50.5 Å². The number of thiazole rings is 1. The summed E-state index contributed by atoms with van der Waals surface area (Å²) in [5, 5.41) is 3.98. The van der Waals surface area contributed by atoms with E-state index < -0.39 is 15.8 Å². The molecular weight excluding hydrogens is 537 g/mol. The van der Waals surface area contributed by atoms with Crippen molar-refractivity contribution in [3.63, 3.8) is 0 Å². The number of aryl methyl sites for hydroxylation is 2. The van der Waals surface area contributed by atoms with Gasteiger partial charge in [-0.25, -0.2) is 17.8 Å². The van der Waals surface area contributed by atoms with Gasteiger partial charge in [-0.15, -0.1) is 0 Å². The van der Waals surface area contributed by atoms with Gasteiger partial charge in [-0.05, 0) is 73.5 Å². The molecule has 0 aliphatic carbocycles. The summed E-state index contributed by atoms with van der Waals surface area (Å²) in [6, 6.07) is 15.2. The molecule has 2 heterocycles. The van der Waals surface area contributed by atoms with Crippen LogP contribution in [0.15, 0.2) is 65.6 Å². The van der Waals surface area contributed by atoms with Crippen LogP contribution in [0.2, 0.25) is 0 Å². The van der Waals surface area contributed by atoms with Crippen molar-refractivity contribution in [3.8, 4) is 0 Å². The highest BCUT2D eigenvalue weighted by Crippen LogP contribution is 2.32.